The van der Waals surface area contributed by atoms with Crippen molar-refractivity contribution >= 4 is 11.6 Å². The van der Waals surface area contributed by atoms with E-state index in [1.54, 1.807) is 25.4 Å². The zero-order chi connectivity index (χ0) is 18.7. The topological polar surface area (TPSA) is 93.3 Å². The van der Waals surface area contributed by atoms with Gasteiger partial charge in [-0.15, -0.1) is 0 Å². The highest BCUT2D eigenvalue weighted by Gasteiger charge is 2.24. The Morgan fingerprint density at radius 1 is 1.42 bits per heavy atom. The van der Waals surface area contributed by atoms with Crippen LogP contribution in [0.4, 0.5) is 5.69 Å². The maximum Gasteiger partial charge on any atom is 0.273 e. The molecule has 3 heterocycles. The number of aromatic nitrogens is 3. The molecule has 1 aliphatic rings. The summed E-state index contributed by atoms with van der Waals surface area (Å²) in [5.41, 5.74) is 1.03. The first kappa shape index (κ1) is 18.2. The van der Waals surface area contributed by atoms with Gasteiger partial charge in [0.2, 0.25) is 0 Å². The average molecular weight is 359 g/mol. The van der Waals surface area contributed by atoms with Crippen molar-refractivity contribution in [3.63, 3.8) is 0 Å². The maximum absolute atomic E-state index is 12.2. The SMILES string of the molecule is CC(C)Cc1cc(C(=O)NCC2CCN(c3cnn(C)c(=O)c3)C2)no1. The monoisotopic (exact) mass is 359 g/mol. The Morgan fingerprint density at radius 3 is 2.96 bits per heavy atom. The van der Waals surface area contributed by atoms with Crippen LogP contribution >= 0.6 is 0 Å². The number of rotatable bonds is 6. The van der Waals surface area contributed by atoms with Gasteiger partial charge >= 0.3 is 0 Å². The molecule has 26 heavy (non-hydrogen) atoms. The van der Waals surface area contributed by atoms with Gasteiger partial charge in [-0.2, -0.15) is 5.10 Å². The number of carbonyl (C=O) groups is 1. The van der Waals surface area contributed by atoms with E-state index in [0.717, 1.165) is 37.4 Å². The molecule has 1 atom stereocenters. The molecule has 0 radical (unpaired) electrons. The normalized spacial score (nSPS) is 17.1. The van der Waals surface area contributed by atoms with Gasteiger partial charge in [0.25, 0.3) is 11.5 Å². The fourth-order valence-electron chi connectivity index (χ4n) is 3.11. The Labute approximate surface area is 152 Å². The van der Waals surface area contributed by atoms with Gasteiger partial charge in [0.05, 0.1) is 11.9 Å². The maximum atomic E-state index is 12.2. The smallest absolute Gasteiger partial charge is 0.273 e. The minimum Gasteiger partial charge on any atom is -0.370 e. The molecule has 3 rings (SSSR count). The lowest BCUT2D eigenvalue weighted by molar-refractivity contribution is 0.0939. The summed E-state index contributed by atoms with van der Waals surface area (Å²) in [6, 6.07) is 3.31. The van der Waals surface area contributed by atoms with E-state index in [4.69, 9.17) is 4.52 Å². The molecule has 2 aromatic rings. The van der Waals surface area contributed by atoms with Crippen LogP contribution in [0.2, 0.25) is 0 Å². The van der Waals surface area contributed by atoms with Crippen LogP contribution < -0.4 is 15.8 Å². The third kappa shape index (κ3) is 4.30. The van der Waals surface area contributed by atoms with Crippen molar-refractivity contribution in [2.24, 2.45) is 18.9 Å². The zero-order valence-electron chi connectivity index (χ0n) is 15.4. The van der Waals surface area contributed by atoms with Gasteiger partial charge in [0, 0.05) is 45.2 Å². The van der Waals surface area contributed by atoms with Gasteiger partial charge in [-0.1, -0.05) is 19.0 Å². The third-order valence-electron chi connectivity index (χ3n) is 4.56. The van der Waals surface area contributed by atoms with Crippen molar-refractivity contribution in [3.8, 4) is 0 Å². The van der Waals surface area contributed by atoms with Crippen molar-refractivity contribution in [1.29, 1.82) is 0 Å². The Bertz CT molecular complexity index is 826. The van der Waals surface area contributed by atoms with Crippen LogP contribution in [0, 0.1) is 11.8 Å². The van der Waals surface area contributed by atoms with Gasteiger partial charge in [-0.25, -0.2) is 4.68 Å². The molecular weight excluding hydrogens is 334 g/mol. The van der Waals surface area contributed by atoms with Crippen LogP contribution in [-0.2, 0) is 13.5 Å². The number of nitrogens with one attached hydrogen (secondary N) is 1. The molecular formula is C18H25N5O3. The zero-order valence-corrected chi connectivity index (χ0v) is 15.4. The molecule has 140 valence electrons. The Hall–Kier alpha value is -2.64. The average Bonchev–Trinajstić information content (AvgIpc) is 3.24. The molecule has 1 N–H and O–H groups in total. The first-order valence-electron chi connectivity index (χ1n) is 8.94. The highest BCUT2D eigenvalue weighted by molar-refractivity contribution is 5.92. The molecule has 8 heteroatoms. The van der Waals surface area contributed by atoms with E-state index >= 15 is 0 Å². The van der Waals surface area contributed by atoms with E-state index in [1.807, 2.05) is 0 Å². The second kappa shape index (κ2) is 7.72. The predicted molar refractivity (Wildman–Crippen MR) is 97.2 cm³/mol. The van der Waals surface area contributed by atoms with Gasteiger partial charge in [-0.3, -0.25) is 9.59 Å². The molecule has 0 saturated carbocycles. The van der Waals surface area contributed by atoms with Crippen molar-refractivity contribution in [2.75, 3.05) is 24.5 Å². The van der Waals surface area contributed by atoms with Gasteiger partial charge in [0.1, 0.15) is 5.76 Å². The minimum atomic E-state index is -0.211. The summed E-state index contributed by atoms with van der Waals surface area (Å²) in [6.07, 6.45) is 3.42. The first-order chi connectivity index (χ1) is 12.4. The number of nitrogens with zero attached hydrogens (tertiary/aromatic N) is 4. The van der Waals surface area contributed by atoms with Crippen molar-refractivity contribution < 1.29 is 9.32 Å². The summed E-state index contributed by atoms with van der Waals surface area (Å²) >= 11 is 0. The van der Waals surface area contributed by atoms with E-state index in [2.05, 4.69) is 34.3 Å². The van der Waals surface area contributed by atoms with E-state index in [-0.39, 0.29) is 11.5 Å². The molecule has 0 aliphatic carbocycles. The van der Waals surface area contributed by atoms with Crippen LogP contribution in [0.3, 0.4) is 0 Å². The minimum absolute atomic E-state index is 0.123. The van der Waals surface area contributed by atoms with Gasteiger partial charge in [-0.05, 0) is 18.3 Å². The highest BCUT2D eigenvalue weighted by Crippen LogP contribution is 2.21. The van der Waals surface area contributed by atoms with Crippen LogP contribution in [-0.4, -0.2) is 40.5 Å². The number of hydrogen-bond donors (Lipinski definition) is 1. The Kier molecular flexibility index (Phi) is 5.39. The summed E-state index contributed by atoms with van der Waals surface area (Å²) in [6.45, 7) is 6.38. The first-order valence-corrected chi connectivity index (χ1v) is 8.94. The molecule has 1 aliphatic heterocycles. The lowest BCUT2D eigenvalue weighted by Gasteiger charge is -2.18. The summed E-state index contributed by atoms with van der Waals surface area (Å²) in [7, 11) is 1.63. The van der Waals surface area contributed by atoms with Crippen molar-refractivity contribution in [1.82, 2.24) is 20.3 Å². The lowest BCUT2D eigenvalue weighted by Crippen LogP contribution is -2.31. The van der Waals surface area contributed by atoms with Crippen LogP contribution in [0.15, 0.2) is 27.6 Å². The van der Waals surface area contributed by atoms with Crippen LogP contribution in [0.1, 0.15) is 36.5 Å². The standard InChI is InChI=1S/C18H25N5O3/c1-12(2)6-15-8-16(21-26-15)18(25)19-9-13-4-5-23(11-13)14-7-17(24)22(3)20-10-14/h7-8,10,12-13H,4-6,9,11H2,1-3H3,(H,19,25). The molecule has 8 nitrogen and oxygen atoms in total. The molecule has 1 amide bonds. The van der Waals surface area contributed by atoms with E-state index in [1.165, 1.54) is 4.68 Å². The summed E-state index contributed by atoms with van der Waals surface area (Å²) in [4.78, 5) is 26.1. The fourth-order valence-corrected chi connectivity index (χ4v) is 3.11. The van der Waals surface area contributed by atoms with Crippen LogP contribution in [0.25, 0.3) is 0 Å². The summed E-state index contributed by atoms with van der Waals surface area (Å²) in [5.74, 6) is 1.30. The van der Waals surface area contributed by atoms with Crippen molar-refractivity contribution in [2.45, 2.75) is 26.7 Å². The fraction of sp³-hybridized carbons (Fsp3) is 0.556. The number of amides is 1. The Balaban J connectivity index is 1.51. The van der Waals surface area contributed by atoms with Crippen molar-refractivity contribution in [3.05, 3.63) is 40.1 Å². The number of hydrogen-bond acceptors (Lipinski definition) is 6. The molecule has 0 bridgehead atoms. The molecule has 0 spiro atoms. The summed E-state index contributed by atoms with van der Waals surface area (Å²) < 4.78 is 6.51. The molecule has 1 fully saturated rings. The lowest BCUT2D eigenvalue weighted by atomic mass is 10.1. The van der Waals surface area contributed by atoms with Crippen LogP contribution in [0.5, 0.6) is 0 Å². The highest BCUT2D eigenvalue weighted by atomic mass is 16.5. The predicted octanol–water partition coefficient (Wildman–Crippen LogP) is 1.22. The second-order valence-corrected chi connectivity index (χ2v) is 7.26. The number of anilines is 1. The third-order valence-corrected chi connectivity index (χ3v) is 4.56. The van der Waals surface area contributed by atoms with Gasteiger partial charge in [0.15, 0.2) is 5.69 Å². The molecule has 2 aromatic heterocycles. The van der Waals surface area contributed by atoms with E-state index in [0.29, 0.717) is 24.1 Å². The quantitative estimate of drug-likeness (QED) is 0.834. The molecule has 1 unspecified atom stereocenters. The molecule has 1 saturated heterocycles. The number of aryl methyl sites for hydroxylation is 1. The number of carbonyl (C=O) groups excluding carboxylic acids is 1. The molecule has 0 aromatic carbocycles. The second-order valence-electron chi connectivity index (χ2n) is 7.26. The van der Waals surface area contributed by atoms with E-state index < -0.39 is 0 Å². The largest absolute Gasteiger partial charge is 0.370 e. The summed E-state index contributed by atoms with van der Waals surface area (Å²) in [5, 5.41) is 10.8. The van der Waals surface area contributed by atoms with Gasteiger partial charge < -0.3 is 14.7 Å². The van der Waals surface area contributed by atoms with E-state index in [9.17, 15) is 9.59 Å². The Morgan fingerprint density at radius 2 is 2.23 bits per heavy atom.